The highest BCUT2D eigenvalue weighted by Crippen LogP contribution is 2.19. The van der Waals surface area contributed by atoms with Gasteiger partial charge in [0.05, 0.1) is 0 Å². The zero-order chi connectivity index (χ0) is 13.6. The van der Waals surface area contributed by atoms with Crippen LogP contribution in [0.1, 0.15) is 25.8 Å². The van der Waals surface area contributed by atoms with Gasteiger partial charge in [0.2, 0.25) is 0 Å². The Balaban J connectivity index is 2.51. The SMILES string of the molecule is CCC(C)NCc1cccc(OCC(F)(F)F)c1. The zero-order valence-electron chi connectivity index (χ0n) is 10.6. The highest BCUT2D eigenvalue weighted by Gasteiger charge is 2.28. The fourth-order valence-electron chi connectivity index (χ4n) is 1.35. The molecule has 18 heavy (non-hydrogen) atoms. The van der Waals surface area contributed by atoms with Crippen LogP contribution in [-0.4, -0.2) is 18.8 Å². The highest BCUT2D eigenvalue weighted by molar-refractivity contribution is 5.28. The molecule has 0 fully saturated rings. The number of halogens is 3. The van der Waals surface area contributed by atoms with E-state index in [0.717, 1.165) is 12.0 Å². The van der Waals surface area contributed by atoms with Gasteiger partial charge in [-0.3, -0.25) is 0 Å². The van der Waals surface area contributed by atoms with Gasteiger partial charge in [-0.1, -0.05) is 19.1 Å². The first-order chi connectivity index (χ1) is 8.40. The molecule has 0 bridgehead atoms. The van der Waals surface area contributed by atoms with Crippen LogP contribution >= 0.6 is 0 Å². The topological polar surface area (TPSA) is 21.3 Å². The van der Waals surface area contributed by atoms with Crippen LogP contribution in [-0.2, 0) is 6.54 Å². The van der Waals surface area contributed by atoms with Gasteiger partial charge >= 0.3 is 6.18 Å². The summed E-state index contributed by atoms with van der Waals surface area (Å²) in [6.45, 7) is 3.50. The third-order valence-corrected chi connectivity index (χ3v) is 2.57. The van der Waals surface area contributed by atoms with E-state index in [2.05, 4.69) is 19.2 Å². The van der Waals surface area contributed by atoms with Crippen molar-refractivity contribution >= 4 is 0 Å². The summed E-state index contributed by atoms with van der Waals surface area (Å²) in [6.07, 6.45) is -3.30. The number of hydrogen-bond donors (Lipinski definition) is 1. The van der Waals surface area contributed by atoms with Crippen molar-refractivity contribution in [2.24, 2.45) is 0 Å². The van der Waals surface area contributed by atoms with Crippen LogP contribution in [0.3, 0.4) is 0 Å². The summed E-state index contributed by atoms with van der Waals surface area (Å²) in [5.41, 5.74) is 0.912. The minimum Gasteiger partial charge on any atom is -0.484 e. The molecule has 0 heterocycles. The summed E-state index contributed by atoms with van der Waals surface area (Å²) >= 11 is 0. The molecule has 1 N–H and O–H groups in total. The molecular weight excluding hydrogens is 243 g/mol. The number of rotatable bonds is 6. The molecule has 5 heteroatoms. The number of ether oxygens (including phenoxy) is 1. The second kappa shape index (κ2) is 6.64. The lowest BCUT2D eigenvalue weighted by Crippen LogP contribution is -2.24. The Labute approximate surface area is 105 Å². The van der Waals surface area contributed by atoms with E-state index >= 15 is 0 Å². The number of benzene rings is 1. The van der Waals surface area contributed by atoms with Gasteiger partial charge < -0.3 is 10.1 Å². The Hall–Kier alpha value is -1.23. The second-order valence-electron chi connectivity index (χ2n) is 4.24. The molecule has 0 aliphatic carbocycles. The average Bonchev–Trinajstić information content (AvgIpc) is 2.33. The molecule has 0 saturated heterocycles. The quantitative estimate of drug-likeness (QED) is 0.846. The van der Waals surface area contributed by atoms with Crippen molar-refractivity contribution in [2.45, 2.75) is 39.0 Å². The highest BCUT2D eigenvalue weighted by atomic mass is 19.4. The molecule has 1 aromatic rings. The molecule has 1 unspecified atom stereocenters. The van der Waals surface area contributed by atoms with Crippen LogP contribution in [0.5, 0.6) is 5.75 Å². The molecule has 0 aromatic heterocycles. The van der Waals surface area contributed by atoms with E-state index in [0.29, 0.717) is 12.6 Å². The van der Waals surface area contributed by atoms with Gasteiger partial charge in [0.15, 0.2) is 6.61 Å². The zero-order valence-corrected chi connectivity index (χ0v) is 10.6. The fourth-order valence-corrected chi connectivity index (χ4v) is 1.35. The molecule has 1 aromatic carbocycles. The maximum atomic E-state index is 12.0. The van der Waals surface area contributed by atoms with E-state index in [4.69, 9.17) is 4.74 Å². The standard InChI is InChI=1S/C13H18F3NO/c1-3-10(2)17-8-11-5-4-6-12(7-11)18-9-13(14,15)16/h4-7,10,17H,3,8-9H2,1-2H3. The fraction of sp³-hybridized carbons (Fsp3) is 0.538. The van der Waals surface area contributed by atoms with E-state index in [1.165, 1.54) is 6.07 Å². The van der Waals surface area contributed by atoms with E-state index in [1.54, 1.807) is 12.1 Å². The molecule has 0 spiro atoms. The van der Waals surface area contributed by atoms with Gasteiger partial charge in [0.1, 0.15) is 5.75 Å². The average molecular weight is 261 g/mol. The van der Waals surface area contributed by atoms with Crippen molar-refractivity contribution < 1.29 is 17.9 Å². The normalized spacial score (nSPS) is 13.4. The van der Waals surface area contributed by atoms with Crippen molar-refractivity contribution in [3.8, 4) is 5.75 Å². The predicted octanol–water partition coefficient (Wildman–Crippen LogP) is 3.52. The summed E-state index contributed by atoms with van der Waals surface area (Å²) in [7, 11) is 0. The summed E-state index contributed by atoms with van der Waals surface area (Å²) in [6, 6.07) is 7.08. The Morgan fingerprint density at radius 3 is 2.67 bits per heavy atom. The lowest BCUT2D eigenvalue weighted by Gasteiger charge is -2.13. The van der Waals surface area contributed by atoms with Gasteiger partial charge in [-0.05, 0) is 31.0 Å². The maximum absolute atomic E-state index is 12.0. The molecule has 0 aliphatic rings. The molecule has 0 aliphatic heterocycles. The summed E-state index contributed by atoms with van der Waals surface area (Å²) in [5.74, 6) is 0.246. The lowest BCUT2D eigenvalue weighted by molar-refractivity contribution is -0.153. The van der Waals surface area contributed by atoms with Crippen LogP contribution in [0.4, 0.5) is 13.2 Å². The van der Waals surface area contributed by atoms with Gasteiger partial charge in [-0.15, -0.1) is 0 Å². The Kier molecular flexibility index (Phi) is 5.47. The first kappa shape index (κ1) is 14.8. The number of alkyl halides is 3. The molecule has 1 atom stereocenters. The van der Waals surface area contributed by atoms with Crippen LogP contribution in [0, 0.1) is 0 Å². The van der Waals surface area contributed by atoms with E-state index in [-0.39, 0.29) is 5.75 Å². The van der Waals surface area contributed by atoms with E-state index in [9.17, 15) is 13.2 Å². The van der Waals surface area contributed by atoms with Gasteiger partial charge in [0, 0.05) is 12.6 Å². The Morgan fingerprint density at radius 1 is 1.33 bits per heavy atom. The monoisotopic (exact) mass is 261 g/mol. The van der Waals surface area contributed by atoms with Crippen molar-refractivity contribution in [3.63, 3.8) is 0 Å². The molecule has 0 saturated carbocycles. The molecule has 2 nitrogen and oxygen atoms in total. The second-order valence-corrected chi connectivity index (χ2v) is 4.24. The molecule has 102 valence electrons. The summed E-state index contributed by atoms with van der Waals surface area (Å²) in [5, 5.41) is 3.27. The number of nitrogens with one attached hydrogen (secondary N) is 1. The van der Waals surface area contributed by atoms with Crippen LogP contribution < -0.4 is 10.1 Å². The third-order valence-electron chi connectivity index (χ3n) is 2.57. The van der Waals surface area contributed by atoms with Crippen molar-refractivity contribution in [1.82, 2.24) is 5.32 Å². The van der Waals surface area contributed by atoms with Gasteiger partial charge in [-0.25, -0.2) is 0 Å². The first-order valence-electron chi connectivity index (χ1n) is 5.92. The third kappa shape index (κ3) is 5.91. The predicted molar refractivity (Wildman–Crippen MR) is 64.6 cm³/mol. The van der Waals surface area contributed by atoms with Gasteiger partial charge in [-0.2, -0.15) is 13.2 Å². The van der Waals surface area contributed by atoms with E-state index in [1.807, 2.05) is 6.07 Å². The summed E-state index contributed by atoms with van der Waals surface area (Å²) < 4.78 is 40.7. The largest absolute Gasteiger partial charge is 0.484 e. The van der Waals surface area contributed by atoms with Crippen LogP contribution in [0.25, 0.3) is 0 Å². The minimum atomic E-state index is -4.30. The molecule has 0 amide bonds. The lowest BCUT2D eigenvalue weighted by atomic mass is 10.2. The maximum Gasteiger partial charge on any atom is 0.422 e. The number of hydrogen-bond acceptors (Lipinski definition) is 2. The van der Waals surface area contributed by atoms with Gasteiger partial charge in [0.25, 0.3) is 0 Å². The van der Waals surface area contributed by atoms with Crippen molar-refractivity contribution in [2.75, 3.05) is 6.61 Å². The van der Waals surface area contributed by atoms with E-state index < -0.39 is 12.8 Å². The van der Waals surface area contributed by atoms with Crippen LogP contribution in [0.2, 0.25) is 0 Å². The molecular formula is C13H18F3NO. The summed E-state index contributed by atoms with van der Waals surface area (Å²) in [4.78, 5) is 0. The Bertz CT molecular complexity index is 365. The first-order valence-corrected chi connectivity index (χ1v) is 5.92. The smallest absolute Gasteiger partial charge is 0.422 e. The molecule has 1 rings (SSSR count). The van der Waals surface area contributed by atoms with Crippen molar-refractivity contribution in [3.05, 3.63) is 29.8 Å². The molecule has 0 radical (unpaired) electrons. The van der Waals surface area contributed by atoms with Crippen molar-refractivity contribution in [1.29, 1.82) is 0 Å². The Morgan fingerprint density at radius 2 is 2.06 bits per heavy atom. The minimum absolute atomic E-state index is 0.246. The van der Waals surface area contributed by atoms with Crippen LogP contribution in [0.15, 0.2) is 24.3 Å².